The third kappa shape index (κ3) is 2.13. The number of thiophene rings is 1. The van der Waals surface area contributed by atoms with Gasteiger partial charge < -0.3 is 5.11 Å². The molecule has 0 saturated heterocycles. The summed E-state index contributed by atoms with van der Waals surface area (Å²) in [5.74, 6) is -0.879. The molecule has 19 heavy (non-hydrogen) atoms. The number of hydrogen-bond acceptors (Lipinski definition) is 2. The van der Waals surface area contributed by atoms with Gasteiger partial charge in [0.2, 0.25) is 0 Å². The molecule has 0 aliphatic carbocycles. The van der Waals surface area contributed by atoms with Gasteiger partial charge in [-0.05, 0) is 30.5 Å². The van der Waals surface area contributed by atoms with Crippen LogP contribution in [0.5, 0.6) is 0 Å². The maximum atomic E-state index is 11.4. The minimum Gasteiger partial charge on any atom is -0.478 e. The molecule has 0 amide bonds. The van der Waals surface area contributed by atoms with Crippen LogP contribution in [0.15, 0.2) is 48.5 Å². The summed E-state index contributed by atoms with van der Waals surface area (Å²) in [6.07, 6.45) is 0. The quantitative estimate of drug-likeness (QED) is 0.739. The van der Waals surface area contributed by atoms with Gasteiger partial charge in [0.15, 0.2) is 0 Å². The molecule has 1 aromatic heterocycles. The second-order valence-corrected chi connectivity index (χ2v) is 5.59. The molecule has 3 aromatic rings. The van der Waals surface area contributed by atoms with Gasteiger partial charge in [-0.1, -0.05) is 35.9 Å². The van der Waals surface area contributed by atoms with E-state index in [1.54, 1.807) is 17.4 Å². The van der Waals surface area contributed by atoms with Crippen molar-refractivity contribution in [2.45, 2.75) is 6.92 Å². The Morgan fingerprint density at radius 3 is 2.63 bits per heavy atom. The number of hydrogen-bond donors (Lipinski definition) is 1. The predicted molar refractivity (Wildman–Crippen MR) is 79.0 cm³/mol. The maximum Gasteiger partial charge on any atom is 0.336 e. The minimum atomic E-state index is -0.879. The molecule has 0 fully saturated rings. The molecule has 1 heterocycles. The summed E-state index contributed by atoms with van der Waals surface area (Å²) in [6.45, 7) is 1.90. The van der Waals surface area contributed by atoms with Crippen molar-refractivity contribution in [3.8, 4) is 10.4 Å². The van der Waals surface area contributed by atoms with Crippen LogP contribution in [0.2, 0.25) is 0 Å². The maximum absolute atomic E-state index is 11.4. The first-order valence-electron chi connectivity index (χ1n) is 5.98. The molecule has 3 rings (SSSR count). The molecule has 0 radical (unpaired) electrons. The number of fused-ring (bicyclic) bond motifs is 1. The number of carboxylic acid groups (broad SMARTS) is 1. The molecule has 0 saturated carbocycles. The van der Waals surface area contributed by atoms with Crippen LogP contribution in [-0.4, -0.2) is 11.1 Å². The second-order valence-electron chi connectivity index (χ2n) is 4.50. The van der Waals surface area contributed by atoms with E-state index in [4.69, 9.17) is 0 Å². The van der Waals surface area contributed by atoms with Crippen LogP contribution in [0.25, 0.3) is 20.5 Å². The van der Waals surface area contributed by atoms with E-state index >= 15 is 0 Å². The summed E-state index contributed by atoms with van der Waals surface area (Å²) in [5, 5.41) is 10.5. The molecule has 0 bridgehead atoms. The van der Waals surface area contributed by atoms with Gasteiger partial charge in [0.25, 0.3) is 0 Å². The van der Waals surface area contributed by atoms with Crippen molar-refractivity contribution in [2.75, 3.05) is 0 Å². The highest BCUT2D eigenvalue weighted by atomic mass is 32.1. The van der Waals surface area contributed by atoms with Crippen molar-refractivity contribution < 1.29 is 9.90 Å². The summed E-state index contributed by atoms with van der Waals surface area (Å²) in [5.41, 5.74) is 2.12. The molecule has 1 N–H and O–H groups in total. The summed E-state index contributed by atoms with van der Waals surface area (Å²) >= 11 is 1.62. The number of rotatable bonds is 2. The lowest BCUT2D eigenvalue weighted by Gasteiger charge is -2.04. The first-order valence-corrected chi connectivity index (χ1v) is 6.80. The molecule has 3 heteroatoms. The van der Waals surface area contributed by atoms with Crippen molar-refractivity contribution in [2.24, 2.45) is 0 Å². The first kappa shape index (κ1) is 11.9. The lowest BCUT2D eigenvalue weighted by Crippen LogP contribution is -1.99. The van der Waals surface area contributed by atoms with Crippen LogP contribution in [0.4, 0.5) is 0 Å². The summed E-state index contributed by atoms with van der Waals surface area (Å²) in [7, 11) is 0. The van der Waals surface area contributed by atoms with Crippen LogP contribution in [0.3, 0.4) is 0 Å². The third-order valence-corrected chi connectivity index (χ3v) is 4.25. The second kappa shape index (κ2) is 4.52. The molecule has 0 atom stereocenters. The fourth-order valence-electron chi connectivity index (χ4n) is 2.16. The smallest absolute Gasteiger partial charge is 0.336 e. The lowest BCUT2D eigenvalue weighted by molar-refractivity contribution is 0.0697. The van der Waals surface area contributed by atoms with Gasteiger partial charge >= 0.3 is 5.97 Å². The van der Waals surface area contributed by atoms with Crippen molar-refractivity contribution in [3.05, 3.63) is 59.7 Å². The zero-order valence-electron chi connectivity index (χ0n) is 10.4. The van der Waals surface area contributed by atoms with Gasteiger partial charge in [0.05, 0.1) is 5.56 Å². The zero-order valence-corrected chi connectivity index (χ0v) is 11.2. The van der Waals surface area contributed by atoms with Gasteiger partial charge in [0.1, 0.15) is 0 Å². The Morgan fingerprint density at radius 1 is 1.11 bits per heavy atom. The fourth-order valence-corrected chi connectivity index (χ4v) is 3.27. The van der Waals surface area contributed by atoms with Crippen LogP contribution in [-0.2, 0) is 0 Å². The van der Waals surface area contributed by atoms with Gasteiger partial charge in [-0.2, -0.15) is 0 Å². The van der Waals surface area contributed by atoms with Crippen molar-refractivity contribution in [1.29, 1.82) is 0 Å². The number of benzene rings is 2. The molecule has 0 aliphatic heterocycles. The number of aryl methyl sites for hydroxylation is 1. The van der Waals surface area contributed by atoms with Gasteiger partial charge in [-0.25, -0.2) is 4.79 Å². The summed E-state index contributed by atoms with van der Waals surface area (Å²) in [6, 6.07) is 15.7. The van der Waals surface area contributed by atoms with Crippen molar-refractivity contribution in [1.82, 2.24) is 0 Å². The Labute approximate surface area is 114 Å². The van der Waals surface area contributed by atoms with Crippen molar-refractivity contribution >= 4 is 27.4 Å². The molecular formula is C16H12O2S. The largest absolute Gasteiger partial charge is 0.478 e. The molecule has 0 aliphatic rings. The highest BCUT2D eigenvalue weighted by Gasteiger charge is 2.13. The molecule has 2 aromatic carbocycles. The van der Waals surface area contributed by atoms with E-state index in [0.29, 0.717) is 5.56 Å². The molecule has 0 spiro atoms. The predicted octanol–water partition coefficient (Wildman–Crippen LogP) is 4.57. The van der Waals surface area contributed by atoms with Gasteiger partial charge in [-0.3, -0.25) is 0 Å². The van der Waals surface area contributed by atoms with E-state index in [9.17, 15) is 9.90 Å². The molecule has 0 unspecified atom stereocenters. The Morgan fingerprint density at radius 2 is 1.89 bits per heavy atom. The van der Waals surface area contributed by atoms with Crippen LogP contribution < -0.4 is 0 Å². The van der Waals surface area contributed by atoms with E-state index in [1.165, 1.54) is 4.70 Å². The average molecular weight is 268 g/mol. The van der Waals surface area contributed by atoms with E-state index in [-0.39, 0.29) is 0 Å². The molecule has 94 valence electrons. The molecular weight excluding hydrogens is 256 g/mol. The minimum absolute atomic E-state index is 0.367. The Hall–Kier alpha value is -2.13. The monoisotopic (exact) mass is 268 g/mol. The Balaban J connectivity index is 2.23. The lowest BCUT2D eigenvalue weighted by atomic mass is 10.0. The number of carboxylic acids is 1. The van der Waals surface area contributed by atoms with Crippen molar-refractivity contribution in [3.63, 3.8) is 0 Å². The number of aromatic carboxylic acids is 1. The van der Waals surface area contributed by atoms with Gasteiger partial charge in [0, 0.05) is 15.1 Å². The Kier molecular flexibility index (Phi) is 2.84. The van der Waals surface area contributed by atoms with Crippen LogP contribution in [0.1, 0.15) is 15.9 Å². The third-order valence-electron chi connectivity index (χ3n) is 3.10. The van der Waals surface area contributed by atoms with E-state index in [0.717, 1.165) is 21.4 Å². The van der Waals surface area contributed by atoms with Crippen LogP contribution in [0, 0.1) is 6.92 Å². The number of carbonyl (C=O) groups is 1. The standard InChI is InChI=1S/C16H12O2S/c1-10-6-7-12(13(8-10)16(17)18)15-9-11-4-2-3-5-14(11)19-15/h2-9H,1H3,(H,17,18). The topological polar surface area (TPSA) is 37.3 Å². The Bertz CT molecular complexity index is 738. The SMILES string of the molecule is Cc1ccc(-c2cc3ccccc3s2)c(C(=O)O)c1. The van der Waals surface area contributed by atoms with Gasteiger partial charge in [-0.15, -0.1) is 11.3 Å². The highest BCUT2D eigenvalue weighted by Crippen LogP contribution is 2.35. The highest BCUT2D eigenvalue weighted by molar-refractivity contribution is 7.22. The first-order chi connectivity index (χ1) is 9.15. The van der Waals surface area contributed by atoms with E-state index in [1.807, 2.05) is 37.3 Å². The fraction of sp³-hybridized carbons (Fsp3) is 0.0625. The molecule has 2 nitrogen and oxygen atoms in total. The normalized spacial score (nSPS) is 10.8. The average Bonchev–Trinajstić information content (AvgIpc) is 2.82. The zero-order chi connectivity index (χ0) is 13.4. The summed E-state index contributed by atoms with van der Waals surface area (Å²) < 4.78 is 1.18. The van der Waals surface area contributed by atoms with E-state index in [2.05, 4.69) is 12.1 Å². The summed E-state index contributed by atoms with van der Waals surface area (Å²) in [4.78, 5) is 12.4. The van der Waals surface area contributed by atoms with E-state index < -0.39 is 5.97 Å². The van der Waals surface area contributed by atoms with Crippen LogP contribution >= 0.6 is 11.3 Å².